The number of hydrogen-bond donors (Lipinski definition) is 1. The van der Waals surface area contributed by atoms with Gasteiger partial charge in [-0.15, -0.1) is 11.8 Å². The van der Waals surface area contributed by atoms with E-state index < -0.39 is 14.9 Å². The van der Waals surface area contributed by atoms with E-state index in [-0.39, 0.29) is 16.6 Å². The Hall–Kier alpha value is -2.10. The van der Waals surface area contributed by atoms with Crippen molar-refractivity contribution in [2.24, 2.45) is 0 Å². The van der Waals surface area contributed by atoms with Gasteiger partial charge in [-0.3, -0.25) is 10.1 Å². The van der Waals surface area contributed by atoms with Crippen molar-refractivity contribution in [3.05, 3.63) is 58.1 Å². The Morgan fingerprint density at radius 3 is 2.33 bits per heavy atom. The standard InChI is InChI=1S/C18H23N3O4S2/c1-13(2)19-27(24,25)16-9-10-17(18(11-16)21(22)23)20(3)12-14-5-7-15(26-4)8-6-14/h5-11,13,19H,12H2,1-4H3. The molecule has 7 nitrogen and oxygen atoms in total. The maximum Gasteiger partial charge on any atom is 0.293 e. The zero-order chi connectivity index (χ0) is 20.2. The molecule has 0 unspecified atom stereocenters. The third kappa shape index (κ3) is 5.44. The van der Waals surface area contributed by atoms with Crippen LogP contribution in [0.2, 0.25) is 0 Å². The molecule has 0 bridgehead atoms. The minimum atomic E-state index is -3.80. The van der Waals surface area contributed by atoms with Gasteiger partial charge in [-0.05, 0) is 49.9 Å². The lowest BCUT2D eigenvalue weighted by atomic mass is 10.2. The number of nitro benzene ring substituents is 1. The minimum Gasteiger partial charge on any atom is -0.365 e. The van der Waals surface area contributed by atoms with Crippen molar-refractivity contribution in [1.82, 2.24) is 4.72 Å². The number of anilines is 1. The molecule has 1 N–H and O–H groups in total. The number of nitrogens with one attached hydrogen (secondary N) is 1. The van der Waals surface area contributed by atoms with Gasteiger partial charge in [0.2, 0.25) is 10.0 Å². The lowest BCUT2D eigenvalue weighted by Crippen LogP contribution is -2.30. The monoisotopic (exact) mass is 409 g/mol. The first-order chi connectivity index (χ1) is 12.6. The highest BCUT2D eigenvalue weighted by atomic mass is 32.2. The first-order valence-corrected chi connectivity index (χ1v) is 11.0. The molecule has 0 fully saturated rings. The van der Waals surface area contributed by atoms with E-state index >= 15 is 0 Å². The minimum absolute atomic E-state index is 0.121. The molecule has 9 heteroatoms. The Bertz CT molecular complexity index is 913. The molecule has 0 aromatic heterocycles. The summed E-state index contributed by atoms with van der Waals surface area (Å²) in [6.07, 6.45) is 1.99. The van der Waals surface area contributed by atoms with Gasteiger partial charge in [-0.25, -0.2) is 13.1 Å². The van der Waals surface area contributed by atoms with Crippen LogP contribution in [0.3, 0.4) is 0 Å². The Morgan fingerprint density at radius 1 is 1.19 bits per heavy atom. The van der Waals surface area contributed by atoms with Crippen LogP contribution in [0, 0.1) is 10.1 Å². The molecule has 0 aliphatic carbocycles. The molecule has 0 saturated heterocycles. The van der Waals surface area contributed by atoms with Crippen molar-refractivity contribution in [1.29, 1.82) is 0 Å². The Morgan fingerprint density at radius 2 is 1.81 bits per heavy atom. The molecule has 27 heavy (non-hydrogen) atoms. The molecule has 2 aromatic carbocycles. The second-order valence-corrected chi connectivity index (χ2v) is 8.98. The van der Waals surface area contributed by atoms with Crippen LogP contribution in [0.4, 0.5) is 11.4 Å². The van der Waals surface area contributed by atoms with Crippen LogP contribution in [0.5, 0.6) is 0 Å². The molecule has 0 radical (unpaired) electrons. The van der Waals surface area contributed by atoms with E-state index in [0.717, 1.165) is 16.5 Å². The summed E-state index contributed by atoms with van der Waals surface area (Å²) in [4.78, 5) is 13.7. The highest BCUT2D eigenvalue weighted by Gasteiger charge is 2.23. The molecular formula is C18H23N3O4S2. The number of benzene rings is 2. The average Bonchev–Trinajstić information content (AvgIpc) is 2.60. The van der Waals surface area contributed by atoms with Gasteiger partial charge in [-0.1, -0.05) is 12.1 Å². The molecule has 0 heterocycles. The predicted molar refractivity (Wildman–Crippen MR) is 109 cm³/mol. The number of rotatable bonds is 8. The molecule has 2 aromatic rings. The summed E-state index contributed by atoms with van der Waals surface area (Å²) in [6.45, 7) is 3.85. The van der Waals surface area contributed by atoms with Crippen LogP contribution in [0.1, 0.15) is 19.4 Å². The Labute approximate surface area is 164 Å². The van der Waals surface area contributed by atoms with Crippen molar-refractivity contribution in [2.75, 3.05) is 18.2 Å². The second-order valence-electron chi connectivity index (χ2n) is 6.39. The predicted octanol–water partition coefficient (Wildman–Crippen LogP) is 3.64. The third-order valence-corrected chi connectivity index (χ3v) is 6.23. The van der Waals surface area contributed by atoms with Gasteiger partial charge in [0.05, 0.1) is 9.82 Å². The lowest BCUT2D eigenvalue weighted by Gasteiger charge is -2.20. The third-order valence-electron chi connectivity index (χ3n) is 3.83. The van der Waals surface area contributed by atoms with Gasteiger partial charge in [-0.2, -0.15) is 0 Å². The van der Waals surface area contributed by atoms with Crippen LogP contribution in [0.25, 0.3) is 0 Å². The highest BCUT2D eigenvalue weighted by Crippen LogP contribution is 2.31. The number of thioether (sulfide) groups is 1. The molecular weight excluding hydrogens is 386 g/mol. The molecule has 0 spiro atoms. The number of nitrogens with zero attached hydrogens (tertiary/aromatic N) is 2. The highest BCUT2D eigenvalue weighted by molar-refractivity contribution is 7.98. The molecule has 146 valence electrons. The summed E-state index contributed by atoms with van der Waals surface area (Å²) in [5.74, 6) is 0. The fourth-order valence-corrected chi connectivity index (χ4v) is 4.29. The van der Waals surface area contributed by atoms with Crippen molar-refractivity contribution >= 4 is 33.2 Å². The zero-order valence-electron chi connectivity index (χ0n) is 15.7. The SMILES string of the molecule is CSc1ccc(CN(C)c2ccc(S(=O)(=O)NC(C)C)cc2[N+](=O)[O-])cc1. The van der Waals surface area contributed by atoms with Gasteiger partial charge in [0.15, 0.2) is 0 Å². The smallest absolute Gasteiger partial charge is 0.293 e. The van der Waals surface area contributed by atoms with Crippen LogP contribution in [-0.2, 0) is 16.6 Å². The van der Waals surface area contributed by atoms with Crippen molar-refractivity contribution in [3.63, 3.8) is 0 Å². The normalized spacial score (nSPS) is 11.6. The zero-order valence-corrected chi connectivity index (χ0v) is 17.3. The van der Waals surface area contributed by atoms with E-state index in [9.17, 15) is 18.5 Å². The molecule has 2 rings (SSSR count). The van der Waals surface area contributed by atoms with E-state index in [2.05, 4.69) is 4.72 Å². The van der Waals surface area contributed by atoms with Crippen LogP contribution < -0.4 is 9.62 Å². The number of nitro groups is 1. The van der Waals surface area contributed by atoms with E-state index in [4.69, 9.17) is 0 Å². The van der Waals surface area contributed by atoms with E-state index in [0.29, 0.717) is 12.2 Å². The van der Waals surface area contributed by atoms with Gasteiger partial charge in [0, 0.05) is 30.6 Å². The first kappa shape index (κ1) is 21.2. The topological polar surface area (TPSA) is 92.6 Å². The fraction of sp³-hybridized carbons (Fsp3) is 0.333. The number of sulfonamides is 1. The number of hydrogen-bond acceptors (Lipinski definition) is 6. The van der Waals surface area contributed by atoms with Gasteiger partial charge in [0.1, 0.15) is 5.69 Å². The molecule has 0 atom stereocenters. The van der Waals surface area contributed by atoms with Crippen molar-refractivity contribution in [3.8, 4) is 0 Å². The lowest BCUT2D eigenvalue weighted by molar-refractivity contribution is -0.384. The van der Waals surface area contributed by atoms with Gasteiger partial charge in [0.25, 0.3) is 5.69 Å². The maximum atomic E-state index is 12.3. The molecule has 0 saturated carbocycles. The van der Waals surface area contributed by atoms with Crippen molar-refractivity contribution in [2.45, 2.75) is 36.2 Å². The summed E-state index contributed by atoms with van der Waals surface area (Å²) < 4.78 is 27.0. The van der Waals surface area contributed by atoms with Crippen LogP contribution >= 0.6 is 11.8 Å². The maximum absolute atomic E-state index is 12.3. The Kier molecular flexibility index (Phi) is 6.85. The van der Waals surface area contributed by atoms with Crippen LogP contribution in [0.15, 0.2) is 52.3 Å². The summed E-state index contributed by atoms with van der Waals surface area (Å²) in [5, 5.41) is 11.5. The van der Waals surface area contributed by atoms with Crippen molar-refractivity contribution < 1.29 is 13.3 Å². The fourth-order valence-electron chi connectivity index (χ4n) is 2.61. The van der Waals surface area contributed by atoms with Gasteiger partial charge < -0.3 is 4.90 Å². The summed E-state index contributed by atoms with van der Waals surface area (Å²) in [6, 6.07) is 11.6. The van der Waals surface area contributed by atoms with E-state index in [1.807, 2.05) is 30.5 Å². The summed E-state index contributed by atoms with van der Waals surface area (Å²) in [7, 11) is -2.06. The van der Waals surface area contributed by atoms with Crippen LogP contribution in [-0.4, -0.2) is 32.7 Å². The van der Waals surface area contributed by atoms with E-state index in [1.165, 1.54) is 12.1 Å². The second kappa shape index (κ2) is 8.73. The largest absolute Gasteiger partial charge is 0.365 e. The van der Waals surface area contributed by atoms with E-state index in [1.54, 1.807) is 37.6 Å². The summed E-state index contributed by atoms with van der Waals surface area (Å²) >= 11 is 1.64. The first-order valence-electron chi connectivity index (χ1n) is 8.29. The summed E-state index contributed by atoms with van der Waals surface area (Å²) in [5.41, 5.74) is 1.12. The van der Waals surface area contributed by atoms with Gasteiger partial charge >= 0.3 is 0 Å². The quantitative estimate of drug-likeness (QED) is 0.406. The Balaban J connectivity index is 2.33. The molecule has 0 amide bonds. The molecule has 0 aliphatic rings. The molecule has 0 aliphatic heterocycles. The average molecular weight is 410 g/mol.